The molecule has 2 N–H and O–H groups in total. The van der Waals surface area contributed by atoms with E-state index in [1.54, 1.807) is 0 Å². The van der Waals surface area contributed by atoms with Crippen molar-refractivity contribution in [2.24, 2.45) is 0 Å². The van der Waals surface area contributed by atoms with E-state index in [0.29, 0.717) is 5.92 Å². The minimum atomic E-state index is -0.157. The average molecular weight is 206 g/mol. The first-order valence-corrected chi connectivity index (χ1v) is 5.68. The molecule has 1 saturated carbocycles. The number of benzene rings is 1. The van der Waals surface area contributed by atoms with E-state index < -0.39 is 0 Å². The number of hydrogen-bond donors (Lipinski definition) is 2. The van der Waals surface area contributed by atoms with Crippen molar-refractivity contribution in [1.82, 2.24) is 0 Å². The summed E-state index contributed by atoms with van der Waals surface area (Å²) in [5, 5.41) is 18.9. The molecule has 1 aromatic carbocycles. The van der Waals surface area contributed by atoms with Gasteiger partial charge in [-0.3, -0.25) is 0 Å². The second-order valence-corrected chi connectivity index (χ2v) is 4.37. The third-order valence-electron chi connectivity index (χ3n) is 3.31. The maximum Gasteiger partial charge on any atom is 0.0684 e. The van der Waals surface area contributed by atoms with Crippen molar-refractivity contribution in [3.05, 3.63) is 35.4 Å². The lowest BCUT2D eigenvalue weighted by Crippen LogP contribution is -2.19. The Morgan fingerprint density at radius 1 is 1.20 bits per heavy atom. The van der Waals surface area contributed by atoms with E-state index in [4.69, 9.17) is 0 Å². The van der Waals surface area contributed by atoms with E-state index in [-0.39, 0.29) is 12.7 Å². The molecule has 1 aromatic rings. The predicted molar refractivity (Wildman–Crippen MR) is 59.6 cm³/mol. The molecular formula is C13H18O2. The highest BCUT2D eigenvalue weighted by molar-refractivity contribution is 5.30. The molecule has 0 amide bonds. The summed E-state index contributed by atoms with van der Waals surface area (Å²) in [7, 11) is 0. The van der Waals surface area contributed by atoms with Gasteiger partial charge in [0.15, 0.2) is 0 Å². The molecule has 2 unspecified atom stereocenters. The molecular weight excluding hydrogens is 188 g/mol. The topological polar surface area (TPSA) is 40.5 Å². The third kappa shape index (κ3) is 2.39. The molecule has 2 heteroatoms. The van der Waals surface area contributed by atoms with Crippen LogP contribution in [0.15, 0.2) is 24.3 Å². The molecule has 0 saturated heterocycles. The molecule has 0 spiro atoms. The molecule has 0 aromatic heterocycles. The van der Waals surface area contributed by atoms with Crippen LogP contribution in [-0.4, -0.2) is 16.3 Å². The molecule has 0 bridgehead atoms. The Labute approximate surface area is 90.6 Å². The molecule has 1 fully saturated rings. The van der Waals surface area contributed by atoms with Crippen LogP contribution < -0.4 is 0 Å². The van der Waals surface area contributed by atoms with Crippen LogP contribution in [0.4, 0.5) is 0 Å². The summed E-state index contributed by atoms with van der Waals surface area (Å²) in [5.74, 6) is 0.428. The predicted octanol–water partition coefficient (Wildman–Crippen LogP) is 2.20. The minimum Gasteiger partial charge on any atom is -0.393 e. The van der Waals surface area contributed by atoms with Crippen LogP contribution in [0.1, 0.15) is 42.7 Å². The Balaban J connectivity index is 2.20. The quantitative estimate of drug-likeness (QED) is 0.778. The maximum atomic E-state index is 9.64. The first kappa shape index (κ1) is 10.7. The first-order valence-electron chi connectivity index (χ1n) is 5.68. The normalized spacial score (nSPS) is 26.5. The lowest BCUT2D eigenvalue weighted by atomic mass is 9.81. The lowest BCUT2D eigenvalue weighted by molar-refractivity contribution is 0.119. The first-order chi connectivity index (χ1) is 7.31. The number of hydrogen-bond acceptors (Lipinski definition) is 2. The van der Waals surface area contributed by atoms with Gasteiger partial charge in [-0.25, -0.2) is 0 Å². The highest BCUT2D eigenvalue weighted by Gasteiger charge is 2.22. The van der Waals surface area contributed by atoms with Crippen LogP contribution in [0.5, 0.6) is 0 Å². The van der Waals surface area contributed by atoms with Crippen LogP contribution in [-0.2, 0) is 6.61 Å². The van der Waals surface area contributed by atoms with Gasteiger partial charge in [0.2, 0.25) is 0 Å². The van der Waals surface area contributed by atoms with Gasteiger partial charge in [-0.1, -0.05) is 30.7 Å². The van der Waals surface area contributed by atoms with Crippen LogP contribution in [0.2, 0.25) is 0 Å². The van der Waals surface area contributed by atoms with Gasteiger partial charge in [0.05, 0.1) is 12.7 Å². The summed E-state index contributed by atoms with van der Waals surface area (Å²) in [6.45, 7) is 0.1000. The number of aliphatic hydroxyl groups is 2. The van der Waals surface area contributed by atoms with Gasteiger partial charge in [-0.2, -0.15) is 0 Å². The van der Waals surface area contributed by atoms with Gasteiger partial charge in [0.1, 0.15) is 0 Å². The minimum absolute atomic E-state index is 0.1000. The Bertz CT molecular complexity index is 322. The molecule has 82 valence electrons. The molecule has 2 nitrogen and oxygen atoms in total. The smallest absolute Gasteiger partial charge is 0.0684 e. The second-order valence-electron chi connectivity index (χ2n) is 4.37. The highest BCUT2D eigenvalue weighted by atomic mass is 16.3. The average Bonchev–Trinajstić information content (AvgIpc) is 2.29. The van der Waals surface area contributed by atoms with E-state index in [9.17, 15) is 10.2 Å². The summed E-state index contributed by atoms with van der Waals surface area (Å²) in [5.41, 5.74) is 2.23. The largest absolute Gasteiger partial charge is 0.393 e. The van der Waals surface area contributed by atoms with Gasteiger partial charge in [-0.05, 0) is 36.3 Å². The molecule has 0 aliphatic heterocycles. The van der Waals surface area contributed by atoms with Crippen molar-refractivity contribution in [2.45, 2.75) is 44.3 Å². The molecule has 0 radical (unpaired) electrons. The summed E-state index contributed by atoms with van der Waals surface area (Å²) in [6, 6.07) is 8.01. The van der Waals surface area contributed by atoms with Gasteiger partial charge >= 0.3 is 0 Å². The Hall–Kier alpha value is -0.860. The SMILES string of the molecule is OCc1ccccc1C1CCCC(O)C1. The number of rotatable bonds is 2. The number of aliphatic hydroxyl groups excluding tert-OH is 2. The van der Waals surface area contributed by atoms with Crippen molar-refractivity contribution in [1.29, 1.82) is 0 Å². The second kappa shape index (κ2) is 4.77. The van der Waals surface area contributed by atoms with E-state index in [1.807, 2.05) is 18.2 Å². The molecule has 15 heavy (non-hydrogen) atoms. The molecule has 2 atom stereocenters. The summed E-state index contributed by atoms with van der Waals surface area (Å²) in [4.78, 5) is 0. The zero-order valence-electron chi connectivity index (χ0n) is 8.89. The molecule has 0 heterocycles. The highest BCUT2D eigenvalue weighted by Crippen LogP contribution is 2.34. The molecule has 2 rings (SSSR count). The van der Waals surface area contributed by atoms with E-state index in [2.05, 4.69) is 6.07 Å². The van der Waals surface area contributed by atoms with Crippen LogP contribution >= 0.6 is 0 Å². The zero-order valence-corrected chi connectivity index (χ0v) is 8.89. The van der Waals surface area contributed by atoms with E-state index in [1.165, 1.54) is 5.56 Å². The van der Waals surface area contributed by atoms with Crippen molar-refractivity contribution in [3.8, 4) is 0 Å². The fraction of sp³-hybridized carbons (Fsp3) is 0.538. The van der Waals surface area contributed by atoms with Crippen LogP contribution in [0, 0.1) is 0 Å². The summed E-state index contributed by atoms with van der Waals surface area (Å²) >= 11 is 0. The maximum absolute atomic E-state index is 9.64. The molecule has 1 aliphatic rings. The monoisotopic (exact) mass is 206 g/mol. The Morgan fingerprint density at radius 3 is 2.73 bits per heavy atom. The van der Waals surface area contributed by atoms with E-state index >= 15 is 0 Å². The van der Waals surface area contributed by atoms with E-state index in [0.717, 1.165) is 31.2 Å². The Morgan fingerprint density at radius 2 is 2.00 bits per heavy atom. The van der Waals surface area contributed by atoms with Gasteiger partial charge < -0.3 is 10.2 Å². The summed E-state index contributed by atoms with van der Waals surface area (Å²) in [6.07, 6.45) is 3.84. The van der Waals surface area contributed by atoms with Gasteiger partial charge in [0, 0.05) is 0 Å². The van der Waals surface area contributed by atoms with Crippen molar-refractivity contribution < 1.29 is 10.2 Å². The zero-order chi connectivity index (χ0) is 10.7. The van der Waals surface area contributed by atoms with Gasteiger partial charge in [0.25, 0.3) is 0 Å². The fourth-order valence-corrected chi connectivity index (χ4v) is 2.52. The van der Waals surface area contributed by atoms with Crippen molar-refractivity contribution >= 4 is 0 Å². The van der Waals surface area contributed by atoms with Crippen molar-refractivity contribution in [2.75, 3.05) is 0 Å². The standard InChI is InChI=1S/C13H18O2/c14-9-11-4-1-2-7-13(11)10-5-3-6-12(15)8-10/h1-2,4,7,10,12,14-15H,3,5-6,8-9H2. The van der Waals surface area contributed by atoms with Gasteiger partial charge in [-0.15, -0.1) is 0 Å². The summed E-state index contributed by atoms with van der Waals surface area (Å²) < 4.78 is 0. The molecule has 1 aliphatic carbocycles. The Kier molecular flexibility index (Phi) is 3.39. The fourth-order valence-electron chi connectivity index (χ4n) is 2.52. The van der Waals surface area contributed by atoms with Crippen LogP contribution in [0.3, 0.4) is 0 Å². The third-order valence-corrected chi connectivity index (χ3v) is 3.31. The lowest BCUT2D eigenvalue weighted by Gasteiger charge is -2.27. The van der Waals surface area contributed by atoms with Crippen molar-refractivity contribution in [3.63, 3.8) is 0 Å². The van der Waals surface area contributed by atoms with Crippen LogP contribution in [0.25, 0.3) is 0 Å².